The van der Waals surface area contributed by atoms with Crippen LogP contribution in [-0.4, -0.2) is 39.1 Å². The number of nitrogens with one attached hydrogen (secondary N) is 1. The van der Waals surface area contributed by atoms with Gasteiger partial charge in [0.25, 0.3) is 5.91 Å². The molecule has 1 heterocycles. The van der Waals surface area contributed by atoms with Gasteiger partial charge in [-0.1, -0.05) is 36.8 Å². The number of benzene rings is 1. The van der Waals surface area contributed by atoms with E-state index in [1.165, 1.54) is 0 Å². The van der Waals surface area contributed by atoms with Crippen LogP contribution in [0.25, 0.3) is 0 Å². The Morgan fingerprint density at radius 3 is 2.63 bits per heavy atom. The number of hydrogen-bond acceptors (Lipinski definition) is 5. The number of nitrogens with zero attached hydrogens (tertiary/aromatic N) is 1. The highest BCUT2D eigenvalue weighted by Gasteiger charge is 2.39. The van der Waals surface area contributed by atoms with Crippen molar-refractivity contribution >= 4 is 46.5 Å². The van der Waals surface area contributed by atoms with Crippen LogP contribution in [0.2, 0.25) is 5.02 Å². The van der Waals surface area contributed by atoms with Crippen molar-refractivity contribution in [3.05, 3.63) is 40.1 Å². The van der Waals surface area contributed by atoms with Crippen LogP contribution in [0, 0.1) is 12.8 Å². The first-order chi connectivity index (χ1) is 12.4. The smallest absolute Gasteiger partial charge is 0.417 e. The summed E-state index contributed by atoms with van der Waals surface area (Å²) in [5.74, 6) is -1.32. The summed E-state index contributed by atoms with van der Waals surface area (Å²) in [7, 11) is 0. The van der Waals surface area contributed by atoms with Gasteiger partial charge in [0.15, 0.2) is 0 Å². The van der Waals surface area contributed by atoms with Crippen molar-refractivity contribution in [1.29, 1.82) is 0 Å². The van der Waals surface area contributed by atoms with Gasteiger partial charge in [0.05, 0.1) is 0 Å². The van der Waals surface area contributed by atoms with Crippen molar-refractivity contribution in [3.8, 4) is 0 Å². The molecule has 27 heavy (non-hydrogen) atoms. The molecule has 1 aliphatic rings. The van der Waals surface area contributed by atoms with E-state index in [9.17, 15) is 14.7 Å². The molecule has 0 saturated carbocycles. The quantitative estimate of drug-likeness (QED) is 0.693. The number of hydrogen-bond donors (Lipinski definition) is 2. The van der Waals surface area contributed by atoms with Crippen LogP contribution >= 0.6 is 23.8 Å². The summed E-state index contributed by atoms with van der Waals surface area (Å²) in [6, 6.07) is 5.24. The monoisotopic (exact) mass is 410 g/mol. The van der Waals surface area contributed by atoms with E-state index in [4.69, 9.17) is 28.6 Å². The molecule has 0 fully saturated rings. The molecule has 2 rings (SSSR count). The number of ether oxygens (including phenoxy) is 1. The van der Waals surface area contributed by atoms with Crippen molar-refractivity contribution in [3.63, 3.8) is 0 Å². The molecule has 0 bridgehead atoms. The van der Waals surface area contributed by atoms with Crippen LogP contribution in [-0.2, 0) is 9.53 Å². The van der Waals surface area contributed by atoms with E-state index in [1.54, 1.807) is 52.8 Å². The van der Waals surface area contributed by atoms with Crippen LogP contribution in [0.4, 0.5) is 10.5 Å². The number of anilines is 1. The molecule has 1 aromatic carbocycles. The number of thiocarbonyl (C=S) groups is 1. The van der Waals surface area contributed by atoms with Crippen molar-refractivity contribution in [2.45, 2.75) is 40.2 Å². The summed E-state index contributed by atoms with van der Waals surface area (Å²) in [6.07, 6.45) is -0.772. The maximum absolute atomic E-state index is 12.8. The molecule has 1 atom stereocenters. The average Bonchev–Trinajstić information content (AvgIpc) is 2.53. The van der Waals surface area contributed by atoms with Crippen molar-refractivity contribution in [2.75, 3.05) is 11.9 Å². The molecular formula is C19H23ClN2O4S. The first-order valence-corrected chi connectivity index (χ1v) is 9.25. The van der Waals surface area contributed by atoms with E-state index in [0.717, 1.165) is 10.5 Å². The summed E-state index contributed by atoms with van der Waals surface area (Å²) in [6.45, 7) is 8.66. The van der Waals surface area contributed by atoms with Gasteiger partial charge < -0.3 is 15.2 Å². The van der Waals surface area contributed by atoms with E-state index in [-0.39, 0.29) is 22.9 Å². The zero-order valence-corrected chi connectivity index (χ0v) is 17.5. The van der Waals surface area contributed by atoms with Gasteiger partial charge >= 0.3 is 6.09 Å². The number of aliphatic hydroxyl groups is 1. The van der Waals surface area contributed by atoms with Crippen LogP contribution in [0.5, 0.6) is 0 Å². The lowest BCUT2D eigenvalue weighted by Gasteiger charge is -2.32. The fraction of sp³-hybridized carbons (Fsp3) is 0.421. The van der Waals surface area contributed by atoms with Crippen molar-refractivity contribution in [2.24, 2.45) is 5.92 Å². The molecular weight excluding hydrogens is 388 g/mol. The van der Waals surface area contributed by atoms with Crippen molar-refractivity contribution in [1.82, 2.24) is 4.90 Å². The normalized spacial score (nSPS) is 17.8. The Balaban J connectivity index is 2.31. The van der Waals surface area contributed by atoms with Crippen molar-refractivity contribution < 1.29 is 19.4 Å². The Hall–Kier alpha value is -2.12. The molecule has 1 aliphatic heterocycles. The summed E-state index contributed by atoms with van der Waals surface area (Å²) in [4.78, 5) is 26.2. The zero-order valence-electron chi connectivity index (χ0n) is 15.9. The summed E-state index contributed by atoms with van der Waals surface area (Å²) in [5.41, 5.74) is 0.499. The molecule has 0 radical (unpaired) electrons. The first-order valence-electron chi connectivity index (χ1n) is 8.46. The third kappa shape index (κ3) is 4.78. The van der Waals surface area contributed by atoms with Crippen LogP contribution in [0.15, 0.2) is 29.5 Å². The number of imide groups is 1. The second-order valence-corrected chi connectivity index (χ2v) is 8.24. The fourth-order valence-electron chi connectivity index (χ4n) is 2.55. The Bertz CT molecular complexity index is 829. The standard InChI is InChI=1S/C19H23ClN2O4S/c1-10-9-22(18(25)26-19(3,4)5)17(24)14(15(10)23)16(27)21-13-8-6-7-12(20)11(13)2/h6-8,10,23H,9H2,1-5H3,(H,21,27). The fourth-order valence-corrected chi connectivity index (χ4v) is 3.03. The minimum absolute atomic E-state index is 0.0158. The average molecular weight is 411 g/mol. The predicted molar refractivity (Wildman–Crippen MR) is 109 cm³/mol. The minimum Gasteiger partial charge on any atom is -0.511 e. The lowest BCUT2D eigenvalue weighted by atomic mass is 9.98. The second kappa shape index (κ2) is 7.86. The number of amides is 2. The van der Waals surface area contributed by atoms with Gasteiger partial charge in [-0.3, -0.25) is 4.79 Å². The molecule has 1 aromatic rings. The summed E-state index contributed by atoms with van der Waals surface area (Å²) < 4.78 is 5.29. The van der Waals surface area contributed by atoms with Crippen LogP contribution in [0.3, 0.4) is 0 Å². The number of carbonyl (C=O) groups excluding carboxylic acids is 2. The lowest BCUT2D eigenvalue weighted by molar-refractivity contribution is -0.127. The number of rotatable bonds is 2. The zero-order chi connectivity index (χ0) is 20.5. The first kappa shape index (κ1) is 21.2. The number of carbonyl (C=O) groups is 2. The molecule has 2 N–H and O–H groups in total. The van der Waals surface area contributed by atoms with E-state index in [0.29, 0.717) is 10.7 Å². The molecule has 1 unspecified atom stereocenters. The Kier molecular flexibility index (Phi) is 6.17. The van der Waals surface area contributed by atoms with Gasteiger partial charge in [0.1, 0.15) is 21.9 Å². The number of halogens is 1. The maximum Gasteiger partial charge on any atom is 0.417 e. The van der Waals surface area contributed by atoms with Gasteiger partial charge in [-0.2, -0.15) is 0 Å². The topological polar surface area (TPSA) is 78.9 Å². The largest absolute Gasteiger partial charge is 0.511 e. The highest BCUT2D eigenvalue weighted by molar-refractivity contribution is 7.81. The van der Waals surface area contributed by atoms with Gasteiger partial charge in [0.2, 0.25) is 0 Å². The Morgan fingerprint density at radius 2 is 2.04 bits per heavy atom. The highest BCUT2D eigenvalue weighted by Crippen LogP contribution is 2.28. The number of aliphatic hydroxyl groups excluding tert-OH is 1. The van der Waals surface area contributed by atoms with E-state index < -0.39 is 23.5 Å². The summed E-state index contributed by atoms with van der Waals surface area (Å²) >= 11 is 11.5. The van der Waals surface area contributed by atoms with E-state index in [2.05, 4.69) is 5.32 Å². The van der Waals surface area contributed by atoms with Gasteiger partial charge in [-0.15, -0.1) is 0 Å². The third-order valence-corrected chi connectivity index (χ3v) is 4.71. The van der Waals surface area contributed by atoms with Gasteiger partial charge in [-0.25, -0.2) is 9.69 Å². The molecule has 0 saturated heterocycles. The van der Waals surface area contributed by atoms with Gasteiger partial charge in [-0.05, 0) is 45.4 Å². The molecule has 0 aliphatic carbocycles. The van der Waals surface area contributed by atoms with Crippen LogP contribution in [0.1, 0.15) is 33.3 Å². The van der Waals surface area contributed by atoms with E-state index >= 15 is 0 Å². The molecule has 8 heteroatoms. The Morgan fingerprint density at radius 1 is 1.41 bits per heavy atom. The Labute approximate surface area is 169 Å². The minimum atomic E-state index is -0.772. The molecule has 0 aromatic heterocycles. The molecule has 146 valence electrons. The molecule has 0 spiro atoms. The summed E-state index contributed by atoms with van der Waals surface area (Å²) in [5, 5.41) is 13.9. The predicted octanol–water partition coefficient (Wildman–Crippen LogP) is 4.61. The molecule has 6 nitrogen and oxygen atoms in total. The lowest BCUT2D eigenvalue weighted by Crippen LogP contribution is -2.48. The SMILES string of the molecule is Cc1c(Cl)cccc1NC(=S)C1=C(O)C(C)CN(C(=O)OC(C)(C)C)C1=O. The maximum atomic E-state index is 12.8. The second-order valence-electron chi connectivity index (χ2n) is 7.42. The van der Waals surface area contributed by atoms with Crippen LogP contribution < -0.4 is 5.32 Å². The van der Waals surface area contributed by atoms with Gasteiger partial charge in [0, 0.05) is 23.2 Å². The highest BCUT2D eigenvalue weighted by atomic mass is 35.5. The van der Waals surface area contributed by atoms with E-state index in [1.807, 2.05) is 0 Å². The molecule has 2 amide bonds. The third-order valence-electron chi connectivity index (χ3n) is 4.00.